The second kappa shape index (κ2) is 7.27. The summed E-state index contributed by atoms with van der Waals surface area (Å²) in [6.07, 6.45) is 4.53. The summed E-state index contributed by atoms with van der Waals surface area (Å²) in [5.74, 6) is 0.0344. The summed E-state index contributed by atoms with van der Waals surface area (Å²) in [7, 11) is -3.54. The fourth-order valence-electron chi connectivity index (χ4n) is 3.69. The minimum Gasteiger partial charge on any atom is -0.372 e. The van der Waals surface area contributed by atoms with E-state index in [1.165, 1.54) is 21.8 Å². The summed E-state index contributed by atoms with van der Waals surface area (Å²) in [4.78, 5) is 20.1. The van der Waals surface area contributed by atoms with Gasteiger partial charge in [-0.25, -0.2) is 13.4 Å². The van der Waals surface area contributed by atoms with Crippen molar-refractivity contribution in [2.75, 3.05) is 26.2 Å². The summed E-state index contributed by atoms with van der Waals surface area (Å²) in [6, 6.07) is 3.16. The lowest BCUT2D eigenvalue weighted by molar-refractivity contribution is -0.102. The predicted octanol–water partition coefficient (Wildman–Crippen LogP) is 1.14. The molecule has 8 nitrogen and oxygen atoms in total. The topological polar surface area (TPSA) is 101 Å². The Bertz CT molecular complexity index is 896. The standard InChI is InChI=1S/C17H20N4O4S2/c22-16(15-9-26-12-20-15)19-6-3-13-4-7-25-17(13)10-21(11-17)27(23,24)14-2-1-5-18-8-14/h1-2,5,8-9,12-13H,3-4,6-7,10-11H2,(H,19,22)/t13-/m0/s1. The summed E-state index contributed by atoms with van der Waals surface area (Å²) >= 11 is 1.38. The van der Waals surface area contributed by atoms with Crippen LogP contribution in [0.4, 0.5) is 0 Å². The number of nitrogens with one attached hydrogen (secondary N) is 1. The highest BCUT2D eigenvalue weighted by Crippen LogP contribution is 2.43. The van der Waals surface area contributed by atoms with Gasteiger partial charge in [-0.3, -0.25) is 9.78 Å². The molecule has 2 fully saturated rings. The number of carbonyl (C=O) groups excluding carboxylic acids is 1. The third-order valence-corrected chi connectivity index (χ3v) is 7.57. The third kappa shape index (κ3) is 3.49. The lowest BCUT2D eigenvalue weighted by Crippen LogP contribution is -2.66. The van der Waals surface area contributed by atoms with Gasteiger partial charge in [0.1, 0.15) is 10.6 Å². The lowest BCUT2D eigenvalue weighted by Gasteiger charge is -2.49. The first-order valence-electron chi connectivity index (χ1n) is 8.72. The van der Waals surface area contributed by atoms with Gasteiger partial charge in [-0.2, -0.15) is 4.31 Å². The van der Waals surface area contributed by atoms with E-state index in [9.17, 15) is 13.2 Å². The third-order valence-electron chi connectivity index (χ3n) is 5.20. The van der Waals surface area contributed by atoms with Crippen molar-refractivity contribution in [2.45, 2.75) is 23.3 Å². The molecule has 1 spiro atoms. The minimum atomic E-state index is -3.54. The molecule has 2 aliphatic rings. The fraction of sp³-hybridized carbons (Fsp3) is 0.471. The maximum atomic E-state index is 12.7. The van der Waals surface area contributed by atoms with E-state index in [-0.39, 0.29) is 16.7 Å². The molecule has 1 amide bonds. The van der Waals surface area contributed by atoms with Crippen LogP contribution in [0.3, 0.4) is 0 Å². The van der Waals surface area contributed by atoms with Crippen LogP contribution in [-0.4, -0.2) is 60.4 Å². The van der Waals surface area contributed by atoms with Crippen LogP contribution >= 0.6 is 11.3 Å². The van der Waals surface area contributed by atoms with Gasteiger partial charge >= 0.3 is 0 Å². The summed E-state index contributed by atoms with van der Waals surface area (Å²) < 4.78 is 32.7. The Morgan fingerprint density at radius 1 is 1.44 bits per heavy atom. The van der Waals surface area contributed by atoms with Gasteiger partial charge in [0.2, 0.25) is 10.0 Å². The van der Waals surface area contributed by atoms with Crippen LogP contribution in [0.1, 0.15) is 23.3 Å². The monoisotopic (exact) mass is 408 g/mol. The molecule has 0 radical (unpaired) electrons. The Morgan fingerprint density at radius 2 is 2.30 bits per heavy atom. The summed E-state index contributed by atoms with van der Waals surface area (Å²) in [6.45, 7) is 1.82. The van der Waals surface area contributed by atoms with Crippen molar-refractivity contribution in [1.82, 2.24) is 19.6 Å². The van der Waals surface area contributed by atoms with Gasteiger partial charge in [-0.15, -0.1) is 11.3 Å². The van der Waals surface area contributed by atoms with Crippen molar-refractivity contribution in [3.8, 4) is 0 Å². The fourth-order valence-corrected chi connectivity index (χ4v) is 5.74. The Morgan fingerprint density at radius 3 is 3.00 bits per heavy atom. The number of hydrogen-bond acceptors (Lipinski definition) is 7. The largest absolute Gasteiger partial charge is 0.372 e. The first-order valence-corrected chi connectivity index (χ1v) is 11.1. The van der Waals surface area contributed by atoms with Gasteiger partial charge in [0.05, 0.1) is 11.1 Å². The molecule has 2 saturated heterocycles. The van der Waals surface area contributed by atoms with Crippen molar-refractivity contribution in [3.63, 3.8) is 0 Å². The van der Waals surface area contributed by atoms with Crippen molar-refractivity contribution >= 4 is 27.3 Å². The van der Waals surface area contributed by atoms with Crippen LogP contribution in [0.2, 0.25) is 0 Å². The van der Waals surface area contributed by atoms with Gasteiger partial charge < -0.3 is 10.1 Å². The van der Waals surface area contributed by atoms with Crippen LogP contribution in [0.5, 0.6) is 0 Å². The molecule has 4 rings (SSSR count). The van der Waals surface area contributed by atoms with E-state index in [0.29, 0.717) is 31.9 Å². The number of sulfonamides is 1. The van der Waals surface area contributed by atoms with Crippen LogP contribution in [-0.2, 0) is 14.8 Å². The summed E-state index contributed by atoms with van der Waals surface area (Å²) in [5.41, 5.74) is 1.61. The van der Waals surface area contributed by atoms with Gasteiger partial charge in [-0.05, 0) is 30.9 Å². The molecule has 4 heterocycles. The Kier molecular flexibility index (Phi) is 4.97. The smallest absolute Gasteiger partial charge is 0.270 e. The molecule has 1 atom stereocenters. The number of ether oxygens (including phenoxy) is 1. The van der Waals surface area contributed by atoms with Gasteiger partial charge in [0.15, 0.2) is 0 Å². The van der Waals surface area contributed by atoms with Crippen molar-refractivity contribution in [3.05, 3.63) is 41.1 Å². The number of aromatic nitrogens is 2. The number of rotatable bonds is 6. The number of pyridine rings is 1. The zero-order chi connectivity index (χ0) is 18.9. The number of nitrogens with zero attached hydrogens (tertiary/aromatic N) is 3. The first-order chi connectivity index (χ1) is 13.0. The molecule has 0 aromatic carbocycles. The van der Waals surface area contributed by atoms with E-state index in [1.54, 1.807) is 29.2 Å². The van der Waals surface area contributed by atoms with Crippen molar-refractivity contribution in [2.24, 2.45) is 5.92 Å². The van der Waals surface area contributed by atoms with Crippen LogP contribution in [0.25, 0.3) is 0 Å². The highest BCUT2D eigenvalue weighted by atomic mass is 32.2. The van der Waals surface area contributed by atoms with Crippen molar-refractivity contribution in [1.29, 1.82) is 0 Å². The Labute approximate surface area is 161 Å². The second-order valence-corrected chi connectivity index (χ2v) is 9.44. The predicted molar refractivity (Wildman–Crippen MR) is 98.9 cm³/mol. The molecule has 0 unspecified atom stereocenters. The van der Waals surface area contributed by atoms with Crippen LogP contribution in [0, 0.1) is 5.92 Å². The average molecular weight is 409 g/mol. The van der Waals surface area contributed by atoms with Gasteiger partial charge in [-0.1, -0.05) is 0 Å². The van der Waals surface area contributed by atoms with E-state index in [1.807, 2.05) is 0 Å². The number of hydrogen-bond donors (Lipinski definition) is 1. The molecule has 27 heavy (non-hydrogen) atoms. The molecule has 0 bridgehead atoms. The first kappa shape index (κ1) is 18.5. The molecule has 1 N–H and O–H groups in total. The van der Waals surface area contributed by atoms with E-state index in [2.05, 4.69) is 15.3 Å². The summed E-state index contributed by atoms with van der Waals surface area (Å²) in [5, 5.41) is 4.59. The SMILES string of the molecule is O=C(NCC[C@H]1CCOC12CN(S(=O)(=O)c1cccnc1)C2)c1cscn1. The molecule has 0 saturated carbocycles. The molecule has 10 heteroatoms. The maximum absolute atomic E-state index is 12.7. The van der Waals surface area contributed by atoms with E-state index in [4.69, 9.17) is 4.74 Å². The maximum Gasteiger partial charge on any atom is 0.270 e. The number of amides is 1. The molecule has 2 aliphatic heterocycles. The van der Waals surface area contributed by atoms with Crippen LogP contribution in [0.15, 0.2) is 40.3 Å². The quantitative estimate of drug-likeness (QED) is 0.769. The second-order valence-electron chi connectivity index (χ2n) is 6.78. The number of carbonyl (C=O) groups is 1. The van der Waals surface area contributed by atoms with Crippen molar-refractivity contribution < 1.29 is 17.9 Å². The van der Waals surface area contributed by atoms with E-state index < -0.39 is 15.6 Å². The average Bonchev–Trinajstić information content (AvgIpc) is 3.31. The zero-order valence-electron chi connectivity index (χ0n) is 14.6. The molecule has 0 aliphatic carbocycles. The molecule has 2 aromatic rings. The Hall–Kier alpha value is -1.88. The highest BCUT2D eigenvalue weighted by Gasteiger charge is 2.56. The normalized spacial score (nSPS) is 21.9. The van der Waals surface area contributed by atoms with Gasteiger partial charge in [0.25, 0.3) is 5.91 Å². The molecule has 144 valence electrons. The van der Waals surface area contributed by atoms with Gasteiger partial charge in [0, 0.05) is 44.0 Å². The van der Waals surface area contributed by atoms with Crippen LogP contribution < -0.4 is 5.32 Å². The molecule has 2 aromatic heterocycles. The van der Waals surface area contributed by atoms with E-state index in [0.717, 1.165) is 12.8 Å². The molecular weight excluding hydrogens is 388 g/mol. The minimum absolute atomic E-state index is 0.182. The zero-order valence-corrected chi connectivity index (χ0v) is 16.2. The highest BCUT2D eigenvalue weighted by molar-refractivity contribution is 7.89. The number of thiazole rings is 1. The molecular formula is C17H20N4O4S2. The van der Waals surface area contributed by atoms with E-state index >= 15 is 0 Å². The lowest BCUT2D eigenvalue weighted by atomic mass is 9.80. The Balaban J connectivity index is 1.34.